The Kier molecular flexibility index (Phi) is 2.76. The lowest BCUT2D eigenvalue weighted by Gasteiger charge is -2.04. The molecule has 0 saturated carbocycles. The van der Waals surface area contributed by atoms with Crippen LogP contribution in [0.15, 0.2) is 40.8 Å². The van der Waals surface area contributed by atoms with Crippen molar-refractivity contribution >= 4 is 29.4 Å². The van der Waals surface area contributed by atoms with E-state index in [0.29, 0.717) is 11.1 Å². The minimum absolute atomic E-state index is 0.369. The van der Waals surface area contributed by atoms with Gasteiger partial charge in [0.15, 0.2) is 0 Å². The number of hydrogen-bond acceptors (Lipinski definition) is 4. The molecule has 1 aliphatic heterocycles. The Morgan fingerprint density at radius 1 is 1.11 bits per heavy atom. The Morgan fingerprint density at radius 3 is 2.26 bits per heavy atom. The molecule has 0 N–H and O–H groups in total. The van der Waals surface area contributed by atoms with E-state index in [0.717, 1.165) is 15.4 Å². The van der Waals surface area contributed by atoms with Crippen molar-refractivity contribution in [2.75, 3.05) is 0 Å². The van der Waals surface area contributed by atoms with Crippen LogP contribution in [-0.4, -0.2) is 23.0 Å². The highest BCUT2D eigenvalue weighted by molar-refractivity contribution is 7.11. The molecule has 1 aromatic carbocycles. The highest BCUT2D eigenvalue weighted by atomic mass is 32.1. The number of fused-ring (bicyclic) bond motifs is 1. The fourth-order valence-electron chi connectivity index (χ4n) is 1.91. The number of carbonyl (C=O) groups excluding carboxylic acids is 2. The van der Waals surface area contributed by atoms with Gasteiger partial charge in [0.25, 0.3) is 11.8 Å². The number of amides is 2. The summed E-state index contributed by atoms with van der Waals surface area (Å²) < 4.78 is 0. The number of imide groups is 1. The fraction of sp³-hybridized carbons (Fsp3) is 0.0714. The standard InChI is InChI=1S/C14H10N2O2S/c1-9-6-7-19-12(9)8-15-16-13(17)10-4-2-3-5-11(10)14(16)18/h2-8H,1H3/b15-8-. The molecule has 0 radical (unpaired) electrons. The molecular weight excluding hydrogens is 260 g/mol. The van der Waals surface area contributed by atoms with Gasteiger partial charge in [0, 0.05) is 0 Å². The number of benzene rings is 1. The lowest BCUT2D eigenvalue weighted by Crippen LogP contribution is -2.23. The second-order valence-electron chi connectivity index (χ2n) is 4.18. The van der Waals surface area contributed by atoms with E-state index in [1.807, 2.05) is 18.4 Å². The zero-order valence-corrected chi connectivity index (χ0v) is 11.0. The molecule has 2 aromatic rings. The van der Waals surface area contributed by atoms with Crippen LogP contribution in [0.2, 0.25) is 0 Å². The predicted molar refractivity (Wildman–Crippen MR) is 73.6 cm³/mol. The summed E-state index contributed by atoms with van der Waals surface area (Å²) in [7, 11) is 0. The maximum absolute atomic E-state index is 12.0. The van der Waals surface area contributed by atoms with Gasteiger partial charge >= 0.3 is 0 Å². The van der Waals surface area contributed by atoms with Crippen molar-refractivity contribution in [2.45, 2.75) is 6.92 Å². The maximum atomic E-state index is 12.0. The summed E-state index contributed by atoms with van der Waals surface area (Å²) in [6, 6.07) is 8.72. The van der Waals surface area contributed by atoms with Crippen LogP contribution in [0, 0.1) is 6.92 Å². The SMILES string of the molecule is Cc1ccsc1/C=N\N1C(=O)c2ccccc2C1=O. The minimum atomic E-state index is -0.369. The molecule has 0 atom stereocenters. The molecule has 0 saturated heterocycles. The topological polar surface area (TPSA) is 49.7 Å². The van der Waals surface area contributed by atoms with Crippen LogP contribution in [0.3, 0.4) is 0 Å². The molecule has 1 aliphatic rings. The number of aryl methyl sites for hydroxylation is 1. The van der Waals surface area contributed by atoms with Crippen molar-refractivity contribution in [1.29, 1.82) is 0 Å². The molecule has 0 fully saturated rings. The van der Waals surface area contributed by atoms with Crippen LogP contribution in [0.25, 0.3) is 0 Å². The lowest BCUT2D eigenvalue weighted by atomic mass is 10.1. The van der Waals surface area contributed by atoms with E-state index in [-0.39, 0.29) is 11.8 Å². The molecule has 2 heterocycles. The van der Waals surface area contributed by atoms with Crippen molar-refractivity contribution in [3.8, 4) is 0 Å². The van der Waals surface area contributed by atoms with Gasteiger partial charge in [0.1, 0.15) is 0 Å². The van der Waals surface area contributed by atoms with E-state index in [1.165, 1.54) is 11.3 Å². The Balaban J connectivity index is 1.93. The largest absolute Gasteiger partial charge is 0.282 e. The molecule has 0 unspecified atom stereocenters. The number of hydrazone groups is 1. The minimum Gasteiger partial charge on any atom is -0.267 e. The van der Waals surface area contributed by atoms with Gasteiger partial charge in [-0.25, -0.2) is 0 Å². The van der Waals surface area contributed by atoms with E-state index in [9.17, 15) is 9.59 Å². The van der Waals surface area contributed by atoms with Gasteiger partial charge in [-0.15, -0.1) is 11.3 Å². The number of rotatable bonds is 2. The lowest BCUT2D eigenvalue weighted by molar-refractivity contribution is 0.0660. The molecule has 0 bridgehead atoms. The molecule has 94 valence electrons. The first-order chi connectivity index (χ1) is 9.18. The summed E-state index contributed by atoms with van der Waals surface area (Å²) in [6.45, 7) is 1.96. The Labute approximate surface area is 114 Å². The first-order valence-corrected chi connectivity index (χ1v) is 6.62. The third-order valence-electron chi connectivity index (χ3n) is 2.96. The highest BCUT2D eigenvalue weighted by Crippen LogP contribution is 2.23. The number of thiophene rings is 1. The quantitative estimate of drug-likeness (QED) is 0.622. The van der Waals surface area contributed by atoms with Crippen LogP contribution >= 0.6 is 11.3 Å². The molecule has 3 rings (SSSR count). The Bertz CT molecular complexity index is 668. The number of hydrogen-bond donors (Lipinski definition) is 0. The summed E-state index contributed by atoms with van der Waals surface area (Å²) >= 11 is 1.52. The zero-order valence-electron chi connectivity index (χ0n) is 10.2. The monoisotopic (exact) mass is 270 g/mol. The molecule has 5 heteroatoms. The smallest absolute Gasteiger partial charge is 0.267 e. The van der Waals surface area contributed by atoms with Crippen LogP contribution < -0.4 is 0 Å². The average Bonchev–Trinajstić information content (AvgIpc) is 2.93. The summed E-state index contributed by atoms with van der Waals surface area (Å²) in [5, 5.41) is 6.89. The Hall–Kier alpha value is -2.27. The van der Waals surface area contributed by atoms with Crippen LogP contribution in [-0.2, 0) is 0 Å². The van der Waals surface area contributed by atoms with Crippen molar-refractivity contribution in [3.05, 3.63) is 57.3 Å². The van der Waals surface area contributed by atoms with Gasteiger partial charge in [-0.05, 0) is 36.1 Å². The van der Waals surface area contributed by atoms with Crippen LogP contribution in [0.5, 0.6) is 0 Å². The van der Waals surface area contributed by atoms with E-state index in [4.69, 9.17) is 0 Å². The fourth-order valence-corrected chi connectivity index (χ4v) is 2.69. The first kappa shape index (κ1) is 11.8. The average molecular weight is 270 g/mol. The molecule has 19 heavy (non-hydrogen) atoms. The van der Waals surface area contributed by atoms with Gasteiger partial charge < -0.3 is 0 Å². The maximum Gasteiger partial charge on any atom is 0.282 e. The summed E-state index contributed by atoms with van der Waals surface area (Å²) in [5.74, 6) is -0.739. The highest BCUT2D eigenvalue weighted by Gasteiger charge is 2.35. The van der Waals surface area contributed by atoms with Gasteiger partial charge in [0.05, 0.1) is 22.2 Å². The van der Waals surface area contributed by atoms with E-state index in [1.54, 1.807) is 30.5 Å². The second kappa shape index (κ2) is 4.44. The molecule has 0 spiro atoms. The van der Waals surface area contributed by atoms with Crippen LogP contribution in [0.1, 0.15) is 31.2 Å². The third-order valence-corrected chi connectivity index (χ3v) is 3.92. The summed E-state index contributed by atoms with van der Waals surface area (Å²) in [6.07, 6.45) is 1.56. The zero-order chi connectivity index (χ0) is 13.4. The first-order valence-electron chi connectivity index (χ1n) is 5.74. The van der Waals surface area contributed by atoms with E-state index < -0.39 is 0 Å². The third kappa shape index (κ3) is 1.88. The molecule has 4 nitrogen and oxygen atoms in total. The molecular formula is C14H10N2O2S. The number of nitrogens with zero attached hydrogens (tertiary/aromatic N) is 2. The molecule has 2 amide bonds. The normalized spacial score (nSPS) is 14.5. The van der Waals surface area contributed by atoms with Gasteiger partial charge in [-0.3, -0.25) is 9.59 Å². The van der Waals surface area contributed by atoms with Crippen LogP contribution in [0.4, 0.5) is 0 Å². The molecule has 0 aliphatic carbocycles. The summed E-state index contributed by atoms with van der Waals surface area (Å²) in [5.41, 5.74) is 1.89. The Morgan fingerprint density at radius 2 is 1.74 bits per heavy atom. The summed E-state index contributed by atoms with van der Waals surface area (Å²) in [4.78, 5) is 25.0. The predicted octanol–water partition coefficient (Wildman–Crippen LogP) is 2.69. The van der Waals surface area contributed by atoms with Crippen molar-refractivity contribution in [2.24, 2.45) is 5.10 Å². The van der Waals surface area contributed by atoms with Crippen molar-refractivity contribution in [3.63, 3.8) is 0 Å². The van der Waals surface area contributed by atoms with Crippen molar-refractivity contribution < 1.29 is 9.59 Å². The van der Waals surface area contributed by atoms with Gasteiger partial charge in [0.2, 0.25) is 0 Å². The number of carbonyl (C=O) groups is 2. The second-order valence-corrected chi connectivity index (χ2v) is 5.13. The van der Waals surface area contributed by atoms with E-state index in [2.05, 4.69) is 5.10 Å². The van der Waals surface area contributed by atoms with Gasteiger partial charge in [-0.1, -0.05) is 12.1 Å². The van der Waals surface area contributed by atoms with Crippen molar-refractivity contribution in [1.82, 2.24) is 5.01 Å². The molecule has 1 aromatic heterocycles. The van der Waals surface area contributed by atoms with Gasteiger partial charge in [-0.2, -0.15) is 10.1 Å². The van der Waals surface area contributed by atoms with E-state index >= 15 is 0 Å².